The molecule has 7 heteroatoms. The van der Waals surface area contributed by atoms with Gasteiger partial charge in [-0.3, -0.25) is 0 Å². The second kappa shape index (κ2) is 5.54. The molecule has 1 heterocycles. The van der Waals surface area contributed by atoms with E-state index in [2.05, 4.69) is 15.5 Å². The van der Waals surface area contributed by atoms with Crippen molar-refractivity contribution >= 4 is 0 Å². The summed E-state index contributed by atoms with van der Waals surface area (Å²) < 4.78 is 15.2. The SMILES string of the molecule is NCCCCn1nnnc1-c1ccc(O)cc1F. The summed E-state index contributed by atoms with van der Waals surface area (Å²) in [5.41, 5.74) is 5.68. The van der Waals surface area contributed by atoms with Gasteiger partial charge in [0.1, 0.15) is 11.6 Å². The predicted octanol–water partition coefficient (Wildman–Crippen LogP) is 0.924. The maximum atomic E-state index is 13.7. The van der Waals surface area contributed by atoms with Crippen molar-refractivity contribution in [3.05, 3.63) is 24.0 Å². The normalized spacial score (nSPS) is 10.8. The largest absolute Gasteiger partial charge is 0.508 e. The number of rotatable bonds is 5. The first-order chi connectivity index (χ1) is 8.72. The number of phenolic OH excluding ortho intramolecular Hbond substituents is 1. The van der Waals surface area contributed by atoms with Gasteiger partial charge in [-0.1, -0.05) is 0 Å². The summed E-state index contributed by atoms with van der Waals surface area (Å²) in [6, 6.07) is 3.89. The summed E-state index contributed by atoms with van der Waals surface area (Å²) in [4.78, 5) is 0. The predicted molar refractivity (Wildman–Crippen MR) is 63.2 cm³/mol. The van der Waals surface area contributed by atoms with Gasteiger partial charge in [0.15, 0.2) is 5.82 Å². The monoisotopic (exact) mass is 251 g/mol. The molecule has 0 radical (unpaired) electrons. The Balaban J connectivity index is 2.25. The molecule has 96 valence electrons. The molecule has 6 nitrogen and oxygen atoms in total. The van der Waals surface area contributed by atoms with Crippen LogP contribution in [0.15, 0.2) is 18.2 Å². The number of halogens is 1. The zero-order valence-corrected chi connectivity index (χ0v) is 9.75. The average molecular weight is 251 g/mol. The number of phenols is 1. The number of tetrazole rings is 1. The standard InChI is InChI=1S/C11H14FN5O/c12-10-7-8(18)3-4-9(10)11-14-15-16-17(11)6-2-1-5-13/h3-4,7,18H,1-2,5-6,13H2. The second-order valence-electron chi connectivity index (χ2n) is 3.89. The number of unbranched alkanes of at least 4 members (excludes halogenated alkanes) is 1. The first kappa shape index (κ1) is 12.4. The number of aromatic hydroxyl groups is 1. The van der Waals surface area contributed by atoms with Crippen molar-refractivity contribution in [1.82, 2.24) is 20.2 Å². The minimum atomic E-state index is -0.551. The third-order valence-electron chi connectivity index (χ3n) is 2.55. The van der Waals surface area contributed by atoms with Crippen LogP contribution in [0.3, 0.4) is 0 Å². The minimum absolute atomic E-state index is 0.126. The summed E-state index contributed by atoms with van der Waals surface area (Å²) in [6.07, 6.45) is 1.69. The Bertz CT molecular complexity index is 528. The van der Waals surface area contributed by atoms with E-state index in [0.717, 1.165) is 18.9 Å². The number of hydrogen-bond donors (Lipinski definition) is 2. The lowest BCUT2D eigenvalue weighted by Crippen LogP contribution is -2.06. The second-order valence-corrected chi connectivity index (χ2v) is 3.89. The third-order valence-corrected chi connectivity index (χ3v) is 2.55. The van der Waals surface area contributed by atoms with E-state index < -0.39 is 5.82 Å². The molecule has 3 N–H and O–H groups in total. The van der Waals surface area contributed by atoms with E-state index in [1.54, 1.807) is 0 Å². The van der Waals surface area contributed by atoms with Crippen LogP contribution in [0.1, 0.15) is 12.8 Å². The van der Waals surface area contributed by atoms with Crippen molar-refractivity contribution in [2.75, 3.05) is 6.54 Å². The van der Waals surface area contributed by atoms with E-state index in [4.69, 9.17) is 10.8 Å². The van der Waals surface area contributed by atoms with Crippen LogP contribution in [0.5, 0.6) is 5.75 Å². The summed E-state index contributed by atoms with van der Waals surface area (Å²) in [6.45, 7) is 1.19. The van der Waals surface area contributed by atoms with Gasteiger partial charge in [0, 0.05) is 12.6 Å². The van der Waals surface area contributed by atoms with Gasteiger partial charge in [-0.2, -0.15) is 0 Å². The zero-order chi connectivity index (χ0) is 13.0. The third kappa shape index (κ3) is 2.62. The average Bonchev–Trinajstić information content (AvgIpc) is 2.78. The van der Waals surface area contributed by atoms with Crippen LogP contribution in [0.25, 0.3) is 11.4 Å². The van der Waals surface area contributed by atoms with Crippen LogP contribution in [-0.2, 0) is 6.54 Å². The number of nitrogens with zero attached hydrogens (tertiary/aromatic N) is 4. The van der Waals surface area contributed by atoms with E-state index >= 15 is 0 Å². The number of nitrogens with two attached hydrogens (primary N) is 1. The van der Waals surface area contributed by atoms with Gasteiger partial charge in [0.25, 0.3) is 0 Å². The molecule has 0 amide bonds. The molecule has 0 fully saturated rings. The Labute approximate surface area is 103 Å². The van der Waals surface area contributed by atoms with Crippen molar-refractivity contribution < 1.29 is 9.50 Å². The molecule has 0 aliphatic heterocycles. The Kier molecular flexibility index (Phi) is 3.83. The van der Waals surface area contributed by atoms with Gasteiger partial charge in [-0.05, 0) is 41.9 Å². The van der Waals surface area contributed by atoms with E-state index in [1.807, 2.05) is 0 Å². The molecule has 0 aliphatic carbocycles. The molecule has 18 heavy (non-hydrogen) atoms. The highest BCUT2D eigenvalue weighted by molar-refractivity contribution is 5.56. The molecular weight excluding hydrogens is 237 g/mol. The van der Waals surface area contributed by atoms with Crippen molar-refractivity contribution in [2.24, 2.45) is 5.73 Å². The van der Waals surface area contributed by atoms with E-state index in [9.17, 15) is 4.39 Å². The van der Waals surface area contributed by atoms with E-state index in [0.29, 0.717) is 18.9 Å². The van der Waals surface area contributed by atoms with Gasteiger partial charge in [-0.25, -0.2) is 9.07 Å². The van der Waals surface area contributed by atoms with Crippen molar-refractivity contribution in [3.8, 4) is 17.1 Å². The Hall–Kier alpha value is -2.02. The molecule has 2 rings (SSSR count). The molecule has 1 aromatic heterocycles. The summed E-state index contributed by atoms with van der Waals surface area (Å²) in [7, 11) is 0. The van der Waals surface area contributed by atoms with Crippen LogP contribution in [-0.4, -0.2) is 31.9 Å². The zero-order valence-electron chi connectivity index (χ0n) is 9.75. The first-order valence-corrected chi connectivity index (χ1v) is 5.67. The van der Waals surface area contributed by atoms with Crippen molar-refractivity contribution in [2.45, 2.75) is 19.4 Å². The lowest BCUT2D eigenvalue weighted by molar-refractivity contribution is 0.469. The first-order valence-electron chi connectivity index (χ1n) is 5.67. The van der Waals surface area contributed by atoms with E-state index in [1.165, 1.54) is 16.8 Å². The van der Waals surface area contributed by atoms with Gasteiger partial charge in [0.2, 0.25) is 0 Å². The Morgan fingerprint density at radius 3 is 2.89 bits per heavy atom. The van der Waals surface area contributed by atoms with Gasteiger partial charge in [-0.15, -0.1) is 5.10 Å². The summed E-state index contributed by atoms with van der Waals surface area (Å²) >= 11 is 0. The van der Waals surface area contributed by atoms with Crippen LogP contribution in [0.2, 0.25) is 0 Å². The molecular formula is C11H14FN5O. The molecule has 2 aromatic rings. The maximum absolute atomic E-state index is 13.7. The number of aryl methyl sites for hydroxylation is 1. The number of benzene rings is 1. The van der Waals surface area contributed by atoms with Gasteiger partial charge in [0.05, 0.1) is 5.56 Å². The fourth-order valence-corrected chi connectivity index (χ4v) is 1.64. The lowest BCUT2D eigenvalue weighted by atomic mass is 10.2. The molecule has 0 aliphatic rings. The molecule has 0 unspecified atom stereocenters. The smallest absolute Gasteiger partial charge is 0.184 e. The van der Waals surface area contributed by atoms with E-state index in [-0.39, 0.29) is 11.3 Å². The molecule has 0 atom stereocenters. The fraction of sp³-hybridized carbons (Fsp3) is 0.364. The quantitative estimate of drug-likeness (QED) is 0.771. The molecule has 0 bridgehead atoms. The Morgan fingerprint density at radius 1 is 1.33 bits per heavy atom. The van der Waals surface area contributed by atoms with Crippen LogP contribution < -0.4 is 5.73 Å². The molecule has 0 spiro atoms. The highest BCUT2D eigenvalue weighted by Crippen LogP contribution is 2.23. The summed E-state index contributed by atoms with van der Waals surface area (Å²) in [5, 5.41) is 20.3. The molecule has 0 saturated carbocycles. The van der Waals surface area contributed by atoms with Crippen LogP contribution in [0, 0.1) is 5.82 Å². The molecule has 0 saturated heterocycles. The number of aromatic nitrogens is 4. The fourth-order valence-electron chi connectivity index (χ4n) is 1.64. The van der Waals surface area contributed by atoms with Crippen LogP contribution in [0.4, 0.5) is 4.39 Å². The highest BCUT2D eigenvalue weighted by atomic mass is 19.1. The van der Waals surface area contributed by atoms with Crippen LogP contribution >= 0.6 is 0 Å². The Morgan fingerprint density at radius 2 is 2.17 bits per heavy atom. The lowest BCUT2D eigenvalue weighted by Gasteiger charge is -2.05. The number of hydrogen-bond acceptors (Lipinski definition) is 5. The topological polar surface area (TPSA) is 89.9 Å². The maximum Gasteiger partial charge on any atom is 0.184 e. The highest BCUT2D eigenvalue weighted by Gasteiger charge is 2.13. The minimum Gasteiger partial charge on any atom is -0.508 e. The van der Waals surface area contributed by atoms with Gasteiger partial charge >= 0.3 is 0 Å². The van der Waals surface area contributed by atoms with Crippen molar-refractivity contribution in [3.63, 3.8) is 0 Å². The summed E-state index contributed by atoms with van der Waals surface area (Å²) in [5.74, 6) is -0.326. The van der Waals surface area contributed by atoms with Gasteiger partial charge < -0.3 is 10.8 Å². The van der Waals surface area contributed by atoms with Crippen molar-refractivity contribution in [1.29, 1.82) is 0 Å². The molecule has 1 aromatic carbocycles.